The molecule has 3 heteroatoms. The van der Waals surface area contributed by atoms with Crippen LogP contribution in [0.1, 0.15) is 23.8 Å². The molecule has 0 fully saturated rings. The van der Waals surface area contributed by atoms with Gasteiger partial charge in [0.05, 0.1) is 12.3 Å². The molecular weight excluding hydrogens is 254 g/mol. The van der Waals surface area contributed by atoms with Crippen LogP contribution in [0.15, 0.2) is 35.7 Å². The largest absolute Gasteiger partial charge is 0.491 e. The van der Waals surface area contributed by atoms with Gasteiger partial charge in [-0.2, -0.15) is 0 Å². The first-order valence-corrected chi connectivity index (χ1v) is 7.67. The molecule has 1 N–H and O–H groups in total. The van der Waals surface area contributed by atoms with Crippen molar-refractivity contribution in [3.63, 3.8) is 0 Å². The molecule has 2 aromatic rings. The third kappa shape index (κ3) is 4.28. The van der Waals surface area contributed by atoms with Crippen molar-refractivity contribution in [3.05, 3.63) is 46.2 Å². The van der Waals surface area contributed by atoms with Crippen molar-refractivity contribution in [1.29, 1.82) is 0 Å². The summed E-state index contributed by atoms with van der Waals surface area (Å²) in [5.74, 6) is 0.957. The molecule has 0 aliphatic carbocycles. The zero-order chi connectivity index (χ0) is 13.5. The molecule has 0 saturated heterocycles. The lowest BCUT2D eigenvalue weighted by molar-refractivity contribution is 0.319. The van der Waals surface area contributed by atoms with E-state index in [0.717, 1.165) is 37.4 Å². The first-order valence-electron chi connectivity index (χ1n) is 6.79. The van der Waals surface area contributed by atoms with Crippen molar-refractivity contribution >= 4 is 17.0 Å². The molecule has 0 unspecified atom stereocenters. The van der Waals surface area contributed by atoms with Gasteiger partial charge in [0.25, 0.3) is 0 Å². The maximum atomic E-state index is 5.77. The fourth-order valence-corrected chi connectivity index (χ4v) is 2.60. The molecule has 0 aliphatic heterocycles. The average molecular weight is 275 g/mol. The number of hydrogen-bond acceptors (Lipinski definition) is 3. The van der Waals surface area contributed by atoms with Crippen LogP contribution in [0.3, 0.4) is 0 Å². The number of ether oxygens (including phenoxy) is 1. The highest BCUT2D eigenvalue weighted by atomic mass is 32.1. The zero-order valence-electron chi connectivity index (χ0n) is 11.6. The standard InChI is InChI=1S/C16H21NOS/c1-3-10-18-16-7-6-13(2)12-15(16)17-9-8-14-5-4-11-19-14/h4-7,11-12,17H,3,8-10H2,1-2H3. The van der Waals surface area contributed by atoms with Gasteiger partial charge in [0, 0.05) is 11.4 Å². The number of aryl methyl sites for hydroxylation is 1. The van der Waals surface area contributed by atoms with Crippen LogP contribution in [0.4, 0.5) is 5.69 Å². The minimum Gasteiger partial charge on any atom is -0.491 e. The molecule has 0 atom stereocenters. The normalized spacial score (nSPS) is 10.4. The molecule has 102 valence electrons. The maximum absolute atomic E-state index is 5.77. The van der Waals surface area contributed by atoms with E-state index in [0.29, 0.717) is 0 Å². The van der Waals surface area contributed by atoms with Crippen molar-refractivity contribution in [2.45, 2.75) is 26.7 Å². The number of hydrogen-bond donors (Lipinski definition) is 1. The summed E-state index contributed by atoms with van der Waals surface area (Å²) in [5.41, 5.74) is 2.35. The highest BCUT2D eigenvalue weighted by Crippen LogP contribution is 2.26. The molecule has 0 amide bonds. The van der Waals surface area contributed by atoms with Crippen LogP contribution in [0.2, 0.25) is 0 Å². The molecule has 0 bridgehead atoms. The minimum absolute atomic E-state index is 0.767. The van der Waals surface area contributed by atoms with E-state index in [4.69, 9.17) is 4.74 Å². The summed E-state index contributed by atoms with van der Waals surface area (Å²) >= 11 is 1.81. The highest BCUT2D eigenvalue weighted by molar-refractivity contribution is 7.09. The van der Waals surface area contributed by atoms with Gasteiger partial charge in [-0.05, 0) is 48.9 Å². The number of nitrogens with one attached hydrogen (secondary N) is 1. The van der Waals surface area contributed by atoms with Gasteiger partial charge >= 0.3 is 0 Å². The molecule has 19 heavy (non-hydrogen) atoms. The fourth-order valence-electron chi connectivity index (χ4n) is 1.90. The lowest BCUT2D eigenvalue weighted by atomic mass is 10.2. The number of rotatable bonds is 7. The number of anilines is 1. The van der Waals surface area contributed by atoms with E-state index >= 15 is 0 Å². The summed E-state index contributed by atoms with van der Waals surface area (Å²) < 4.78 is 5.77. The topological polar surface area (TPSA) is 21.3 Å². The van der Waals surface area contributed by atoms with E-state index in [1.807, 2.05) is 11.3 Å². The SMILES string of the molecule is CCCOc1ccc(C)cc1NCCc1cccs1. The van der Waals surface area contributed by atoms with Crippen LogP contribution in [0.5, 0.6) is 5.75 Å². The summed E-state index contributed by atoms with van der Waals surface area (Å²) in [6.07, 6.45) is 2.08. The first-order chi connectivity index (χ1) is 9.29. The van der Waals surface area contributed by atoms with Gasteiger partial charge in [-0.1, -0.05) is 19.1 Å². The van der Waals surface area contributed by atoms with Gasteiger partial charge in [0.2, 0.25) is 0 Å². The molecule has 0 aliphatic rings. The number of benzene rings is 1. The Balaban J connectivity index is 1.95. The van der Waals surface area contributed by atoms with Crippen LogP contribution < -0.4 is 10.1 Å². The molecule has 0 saturated carbocycles. The monoisotopic (exact) mass is 275 g/mol. The third-order valence-electron chi connectivity index (χ3n) is 2.86. The Hall–Kier alpha value is -1.48. The van der Waals surface area contributed by atoms with Gasteiger partial charge in [0.15, 0.2) is 0 Å². The Bertz CT molecular complexity index is 493. The van der Waals surface area contributed by atoms with Gasteiger partial charge in [-0.25, -0.2) is 0 Å². The van der Waals surface area contributed by atoms with E-state index in [1.165, 1.54) is 10.4 Å². The summed E-state index contributed by atoms with van der Waals surface area (Å²) in [6, 6.07) is 10.6. The molecule has 0 spiro atoms. The van der Waals surface area contributed by atoms with Crippen LogP contribution in [0, 0.1) is 6.92 Å². The molecule has 1 heterocycles. The van der Waals surface area contributed by atoms with Crippen LogP contribution in [0.25, 0.3) is 0 Å². The Labute approximate surface area is 119 Å². The second-order valence-corrected chi connectivity index (χ2v) is 5.64. The molecule has 0 radical (unpaired) electrons. The first kappa shape index (κ1) is 13.9. The van der Waals surface area contributed by atoms with Crippen molar-refractivity contribution in [3.8, 4) is 5.75 Å². The summed E-state index contributed by atoms with van der Waals surface area (Å²) in [4.78, 5) is 1.41. The lowest BCUT2D eigenvalue weighted by Gasteiger charge is -2.13. The number of thiophene rings is 1. The molecule has 1 aromatic heterocycles. The third-order valence-corrected chi connectivity index (χ3v) is 3.80. The quantitative estimate of drug-likeness (QED) is 0.803. The second-order valence-electron chi connectivity index (χ2n) is 4.60. The van der Waals surface area contributed by atoms with Crippen molar-refractivity contribution in [2.24, 2.45) is 0 Å². The molecule has 1 aromatic carbocycles. The minimum atomic E-state index is 0.767. The second kappa shape index (κ2) is 7.19. The van der Waals surface area contributed by atoms with E-state index < -0.39 is 0 Å². The average Bonchev–Trinajstić information content (AvgIpc) is 2.91. The zero-order valence-corrected chi connectivity index (χ0v) is 12.4. The van der Waals surface area contributed by atoms with Crippen LogP contribution in [-0.2, 0) is 6.42 Å². The Morgan fingerprint density at radius 2 is 2.16 bits per heavy atom. The van der Waals surface area contributed by atoms with E-state index in [-0.39, 0.29) is 0 Å². The Kier molecular flexibility index (Phi) is 5.28. The van der Waals surface area contributed by atoms with Gasteiger partial charge in [-0.15, -0.1) is 11.3 Å². The summed E-state index contributed by atoms with van der Waals surface area (Å²) in [5, 5.41) is 5.61. The lowest BCUT2D eigenvalue weighted by Crippen LogP contribution is -2.06. The van der Waals surface area contributed by atoms with Crippen LogP contribution >= 0.6 is 11.3 Å². The summed E-state index contributed by atoms with van der Waals surface area (Å²) in [6.45, 7) is 5.93. The van der Waals surface area contributed by atoms with Crippen molar-refractivity contribution in [1.82, 2.24) is 0 Å². The van der Waals surface area contributed by atoms with Gasteiger partial charge < -0.3 is 10.1 Å². The molecule has 2 nitrogen and oxygen atoms in total. The Morgan fingerprint density at radius 1 is 1.26 bits per heavy atom. The van der Waals surface area contributed by atoms with E-state index in [9.17, 15) is 0 Å². The molecular formula is C16H21NOS. The van der Waals surface area contributed by atoms with E-state index in [2.05, 4.69) is 54.9 Å². The van der Waals surface area contributed by atoms with Crippen molar-refractivity contribution in [2.75, 3.05) is 18.5 Å². The van der Waals surface area contributed by atoms with Crippen molar-refractivity contribution < 1.29 is 4.74 Å². The van der Waals surface area contributed by atoms with Gasteiger partial charge in [-0.3, -0.25) is 0 Å². The maximum Gasteiger partial charge on any atom is 0.142 e. The smallest absolute Gasteiger partial charge is 0.142 e. The predicted molar refractivity (Wildman–Crippen MR) is 83.5 cm³/mol. The van der Waals surface area contributed by atoms with Crippen LogP contribution in [-0.4, -0.2) is 13.2 Å². The highest BCUT2D eigenvalue weighted by Gasteiger charge is 2.03. The van der Waals surface area contributed by atoms with Gasteiger partial charge in [0.1, 0.15) is 5.75 Å². The summed E-state index contributed by atoms with van der Waals surface area (Å²) in [7, 11) is 0. The van der Waals surface area contributed by atoms with E-state index in [1.54, 1.807) is 0 Å². The predicted octanol–water partition coefficient (Wildman–Crippen LogP) is 4.50. The Morgan fingerprint density at radius 3 is 2.89 bits per heavy atom. The fraction of sp³-hybridized carbons (Fsp3) is 0.375. The molecule has 2 rings (SSSR count).